The van der Waals surface area contributed by atoms with Crippen LogP contribution in [0.1, 0.15) is 112 Å². The van der Waals surface area contributed by atoms with E-state index in [1.54, 1.807) is 0 Å². The predicted molar refractivity (Wildman–Crippen MR) is 168 cm³/mol. The lowest BCUT2D eigenvalue weighted by atomic mass is 9.55. The number of oxime groups is 1. The van der Waals surface area contributed by atoms with E-state index in [1.807, 2.05) is 0 Å². The van der Waals surface area contributed by atoms with Crippen molar-refractivity contribution >= 4 is 5.71 Å². The molecule has 2 spiro atoms. The molecule has 4 saturated carbocycles. The van der Waals surface area contributed by atoms with Crippen molar-refractivity contribution in [1.82, 2.24) is 0 Å². The molecule has 45 heavy (non-hydrogen) atoms. The molecule has 10 fully saturated rings. The van der Waals surface area contributed by atoms with Gasteiger partial charge in [-0.1, -0.05) is 38.8 Å². The molecular formula is C37H55NO7. The van der Waals surface area contributed by atoms with Crippen molar-refractivity contribution in [1.29, 1.82) is 0 Å². The van der Waals surface area contributed by atoms with Crippen LogP contribution in [0, 0.1) is 59.7 Å². The van der Waals surface area contributed by atoms with Gasteiger partial charge in [0.25, 0.3) is 0 Å². The Hall–Kier alpha value is -1.21. The highest BCUT2D eigenvalue weighted by molar-refractivity contribution is 5.89. The molecule has 0 amide bonds. The fraction of sp³-hybridized carbons (Fsp3) is 0.919. The van der Waals surface area contributed by atoms with Crippen molar-refractivity contribution < 1.29 is 33.9 Å². The molecule has 6 aliphatic heterocycles. The molecule has 10 rings (SSSR count). The van der Waals surface area contributed by atoms with Crippen molar-refractivity contribution in [2.75, 3.05) is 6.61 Å². The average molecular weight is 626 g/mol. The van der Waals surface area contributed by atoms with E-state index >= 15 is 0 Å². The van der Waals surface area contributed by atoms with Gasteiger partial charge in [0.05, 0.1) is 24.0 Å². The second kappa shape index (κ2) is 10.9. The molecule has 0 aromatic carbocycles. The number of ether oxygens (including phenoxy) is 2. The molecule has 0 N–H and O–H groups in total. The molecular weight excluding hydrogens is 570 g/mol. The molecule has 8 nitrogen and oxygen atoms in total. The van der Waals surface area contributed by atoms with E-state index in [0.717, 1.165) is 57.1 Å². The van der Waals surface area contributed by atoms with Crippen molar-refractivity contribution in [3.8, 4) is 12.3 Å². The third-order valence-electron chi connectivity index (χ3n) is 14.6. The summed E-state index contributed by atoms with van der Waals surface area (Å²) in [6, 6.07) is 0. The van der Waals surface area contributed by atoms with Crippen LogP contribution in [0.15, 0.2) is 5.16 Å². The van der Waals surface area contributed by atoms with Gasteiger partial charge in [-0.25, -0.2) is 19.6 Å². The van der Waals surface area contributed by atoms with Gasteiger partial charge in [-0.05, 0) is 113 Å². The first-order valence-electron chi connectivity index (χ1n) is 18.2. The van der Waals surface area contributed by atoms with Gasteiger partial charge >= 0.3 is 0 Å². The quantitative estimate of drug-likeness (QED) is 0.109. The van der Waals surface area contributed by atoms with Crippen LogP contribution >= 0.6 is 0 Å². The van der Waals surface area contributed by atoms with Gasteiger partial charge in [0.2, 0.25) is 0 Å². The summed E-state index contributed by atoms with van der Waals surface area (Å²) in [6.45, 7) is 14.0. The molecule has 0 unspecified atom stereocenters. The maximum absolute atomic E-state index is 7.25. The highest BCUT2D eigenvalue weighted by atomic mass is 17.2. The van der Waals surface area contributed by atoms with Gasteiger partial charge in [-0.3, -0.25) is 0 Å². The zero-order chi connectivity index (χ0) is 31.4. The summed E-state index contributed by atoms with van der Waals surface area (Å²) in [6.07, 6.45) is 16.7. The van der Waals surface area contributed by atoms with Crippen LogP contribution in [0.25, 0.3) is 0 Å². The van der Waals surface area contributed by atoms with E-state index in [2.05, 4.69) is 47.5 Å². The van der Waals surface area contributed by atoms with E-state index in [0.29, 0.717) is 41.9 Å². The molecule has 16 atom stereocenters. The monoisotopic (exact) mass is 625 g/mol. The Labute approximate surface area is 269 Å². The lowest BCUT2D eigenvalue weighted by Gasteiger charge is -2.62. The van der Waals surface area contributed by atoms with Crippen LogP contribution in [-0.2, 0) is 33.9 Å². The van der Waals surface area contributed by atoms with Crippen LogP contribution in [0.3, 0.4) is 0 Å². The van der Waals surface area contributed by atoms with Gasteiger partial charge < -0.3 is 14.3 Å². The number of terminal acetylenes is 1. The Balaban J connectivity index is 1.11. The summed E-state index contributed by atoms with van der Waals surface area (Å²) in [4.78, 5) is 31.4. The van der Waals surface area contributed by atoms with Crippen LogP contribution in [0.5, 0.6) is 0 Å². The van der Waals surface area contributed by atoms with Crippen LogP contribution in [0.2, 0.25) is 0 Å². The normalized spacial score (nSPS) is 56.8. The minimum absolute atomic E-state index is 0.00206. The molecule has 6 heterocycles. The lowest BCUT2D eigenvalue weighted by Crippen LogP contribution is -2.71. The first kappa shape index (κ1) is 31.1. The SMILES string of the molecule is C#CCO/N=C(/C[C@H]1O[C@@H]2C[C@]3(C)CC[C@H]4[C@H](C)CC[C@@H]([C@H]1C)[C@@]24OO3)[C@H]1O[C@@H]2C[C@]3(C)CC[C@H]4[C@H](C)CC[C@@H]([C@H]1C)[C@@]24OO3. The Morgan fingerprint density at radius 1 is 0.733 bits per heavy atom. The Morgan fingerprint density at radius 2 is 1.29 bits per heavy atom. The predicted octanol–water partition coefficient (Wildman–Crippen LogP) is 6.80. The summed E-state index contributed by atoms with van der Waals surface area (Å²) in [5.41, 5.74) is -0.501. The standard InChI is InChI=1S/C37H55NO7/c1-8-17-39-38-29(33-24(5)28-12-10-22(3)26-14-16-35(7)20-32(41-33)37(26,28)45-43-35)18-30-23(4)27-11-9-21(2)25-13-15-34(6)19-31(40-30)36(25,27)44-42-34/h1,21-28,30-33H,9-20H2,2-7H3/b38-29-/t21-,22-,23-,24-,25+,26+,27+,28+,30-,31-,32-,33+,34+,35+,36-,37-/m1/s1. The molecule has 8 heteroatoms. The second-order valence-corrected chi connectivity index (χ2v) is 17.2. The highest BCUT2D eigenvalue weighted by Crippen LogP contribution is 2.63. The Bertz CT molecular complexity index is 1240. The summed E-state index contributed by atoms with van der Waals surface area (Å²) >= 11 is 0. The van der Waals surface area contributed by atoms with Gasteiger partial charge in [0.15, 0.2) is 6.61 Å². The van der Waals surface area contributed by atoms with Crippen LogP contribution < -0.4 is 0 Å². The summed E-state index contributed by atoms with van der Waals surface area (Å²) in [5, 5.41) is 4.79. The number of nitrogens with zero attached hydrogens (tertiary/aromatic N) is 1. The Kier molecular flexibility index (Phi) is 7.53. The maximum atomic E-state index is 7.25. The molecule has 0 radical (unpaired) electrons. The van der Waals surface area contributed by atoms with Crippen molar-refractivity contribution in [2.45, 2.75) is 159 Å². The van der Waals surface area contributed by atoms with Crippen LogP contribution in [-0.4, -0.2) is 59.1 Å². The zero-order valence-corrected chi connectivity index (χ0v) is 28.3. The van der Waals surface area contributed by atoms with Crippen molar-refractivity contribution in [2.24, 2.45) is 52.5 Å². The second-order valence-electron chi connectivity index (χ2n) is 17.2. The minimum atomic E-state index is -0.407. The summed E-state index contributed by atoms with van der Waals surface area (Å²) in [7, 11) is 0. The van der Waals surface area contributed by atoms with Crippen LogP contribution in [0.4, 0.5) is 0 Å². The van der Waals surface area contributed by atoms with E-state index in [1.165, 1.54) is 12.8 Å². The highest BCUT2D eigenvalue weighted by Gasteiger charge is 2.70. The zero-order valence-electron chi connectivity index (χ0n) is 28.3. The lowest BCUT2D eigenvalue weighted by molar-refractivity contribution is -0.487. The topological polar surface area (TPSA) is 77.0 Å². The molecule has 6 saturated heterocycles. The Morgan fingerprint density at radius 3 is 1.87 bits per heavy atom. The van der Waals surface area contributed by atoms with E-state index in [9.17, 15) is 0 Å². The fourth-order valence-corrected chi connectivity index (χ4v) is 12.2. The van der Waals surface area contributed by atoms with Crippen molar-refractivity contribution in [3.05, 3.63) is 0 Å². The molecule has 0 aromatic heterocycles. The van der Waals surface area contributed by atoms with E-state index < -0.39 is 5.60 Å². The first-order chi connectivity index (χ1) is 21.5. The molecule has 4 aliphatic carbocycles. The number of rotatable bonds is 5. The summed E-state index contributed by atoms with van der Waals surface area (Å²) in [5.74, 6) is 5.82. The molecule has 4 bridgehead atoms. The van der Waals surface area contributed by atoms with Gasteiger partial charge in [-0.15, -0.1) is 6.42 Å². The van der Waals surface area contributed by atoms with Gasteiger partial charge in [0, 0.05) is 19.3 Å². The molecule has 0 aromatic rings. The average Bonchev–Trinajstić information content (AvgIpc) is 3.38. The first-order valence-corrected chi connectivity index (χ1v) is 18.2. The van der Waals surface area contributed by atoms with E-state index in [-0.39, 0.29) is 59.7 Å². The third kappa shape index (κ3) is 4.50. The van der Waals surface area contributed by atoms with E-state index in [4.69, 9.17) is 45.4 Å². The number of fused-ring (bicyclic) bond motifs is 4. The number of hydrogen-bond donors (Lipinski definition) is 0. The van der Waals surface area contributed by atoms with Gasteiger partial charge in [-0.2, -0.15) is 0 Å². The smallest absolute Gasteiger partial charge is 0.177 e. The largest absolute Gasteiger partial charge is 0.383 e. The number of hydrogen-bond acceptors (Lipinski definition) is 8. The molecule has 10 aliphatic rings. The fourth-order valence-electron chi connectivity index (χ4n) is 12.2. The minimum Gasteiger partial charge on any atom is -0.383 e. The third-order valence-corrected chi connectivity index (χ3v) is 14.6. The molecule has 250 valence electrons. The van der Waals surface area contributed by atoms with Gasteiger partial charge in [0.1, 0.15) is 28.5 Å². The summed E-state index contributed by atoms with van der Waals surface area (Å²) < 4.78 is 14.5. The van der Waals surface area contributed by atoms with Crippen molar-refractivity contribution in [3.63, 3.8) is 0 Å². The maximum Gasteiger partial charge on any atom is 0.177 e.